The molecule has 1 saturated heterocycles. The van der Waals surface area contributed by atoms with Crippen LogP contribution in [0.25, 0.3) is 0 Å². The quantitative estimate of drug-likeness (QED) is 0.816. The number of hydrogen-bond donors (Lipinski definition) is 1. The molecule has 0 radical (unpaired) electrons. The fraction of sp³-hybridized carbons (Fsp3) is 0.316. The molecule has 2 aromatic carbocycles. The number of nitrogens with one attached hydrogen (secondary N) is 1. The van der Waals surface area contributed by atoms with Gasteiger partial charge in [0.25, 0.3) is 0 Å². The van der Waals surface area contributed by atoms with E-state index in [1.54, 1.807) is 0 Å². The van der Waals surface area contributed by atoms with Crippen molar-refractivity contribution in [2.24, 2.45) is 0 Å². The third kappa shape index (κ3) is 1.70. The van der Waals surface area contributed by atoms with Gasteiger partial charge in [0, 0.05) is 0 Å². The minimum atomic E-state index is -3.22. The van der Waals surface area contributed by atoms with Crippen molar-refractivity contribution in [2.75, 3.05) is 0 Å². The first-order valence-corrected chi connectivity index (χ1v) is 10.3. The van der Waals surface area contributed by atoms with Gasteiger partial charge >= 0.3 is 137 Å². The Kier molecular flexibility index (Phi) is 2.87. The van der Waals surface area contributed by atoms with E-state index in [4.69, 9.17) is 4.52 Å². The van der Waals surface area contributed by atoms with Gasteiger partial charge in [0.05, 0.1) is 0 Å². The summed E-state index contributed by atoms with van der Waals surface area (Å²) in [6.07, 6.45) is 0.925. The maximum absolute atomic E-state index is 12.8. The first-order chi connectivity index (χ1) is 10.9. The maximum atomic E-state index is 12.8. The van der Waals surface area contributed by atoms with Crippen LogP contribution < -0.4 is 15.7 Å². The molecular formula is C19H22NO2P. The summed E-state index contributed by atoms with van der Waals surface area (Å²) >= 11 is 0. The van der Waals surface area contributed by atoms with E-state index in [0.29, 0.717) is 0 Å². The van der Waals surface area contributed by atoms with Gasteiger partial charge in [-0.25, -0.2) is 0 Å². The van der Waals surface area contributed by atoms with Crippen LogP contribution in [0.4, 0.5) is 0 Å². The molecule has 23 heavy (non-hydrogen) atoms. The van der Waals surface area contributed by atoms with Gasteiger partial charge in [-0.15, -0.1) is 0 Å². The van der Waals surface area contributed by atoms with Gasteiger partial charge in [0.1, 0.15) is 0 Å². The predicted octanol–water partition coefficient (Wildman–Crippen LogP) is 3.35. The Morgan fingerprint density at radius 3 is 2.39 bits per heavy atom. The van der Waals surface area contributed by atoms with Gasteiger partial charge in [-0.1, -0.05) is 0 Å². The standard InChI is InChI=1S/C19H22NO2P/c1-14-13-19(2,3)22-23(14,15-9-5-4-6-10-15)17-12-8-7-11-16(17)18(21)20-23/h4-12,14H,13H2,1-3H3,(H,20,21)/t14-/m1/s1. The molecular weight excluding hydrogens is 305 g/mol. The molecule has 2 aromatic rings. The minimum absolute atomic E-state index is 0.00771. The van der Waals surface area contributed by atoms with Gasteiger partial charge < -0.3 is 0 Å². The number of carbonyl (C=O) groups excluding carboxylic acids is 1. The van der Waals surface area contributed by atoms with Crippen LogP contribution in [0.1, 0.15) is 37.6 Å². The number of carbonyl (C=O) groups is 1. The molecule has 0 aromatic heterocycles. The molecule has 1 N–H and O–H groups in total. The molecule has 0 saturated carbocycles. The van der Waals surface area contributed by atoms with Gasteiger partial charge in [-0.05, 0) is 0 Å². The second kappa shape index (κ2) is 4.43. The number of benzene rings is 2. The molecule has 2 aliphatic heterocycles. The Hall–Kier alpha value is -1.70. The van der Waals surface area contributed by atoms with E-state index in [9.17, 15) is 4.79 Å². The molecule has 1 amide bonds. The second-order valence-corrected chi connectivity index (χ2v) is 11.8. The van der Waals surface area contributed by atoms with E-state index in [0.717, 1.165) is 22.6 Å². The molecule has 2 aliphatic rings. The van der Waals surface area contributed by atoms with E-state index < -0.39 is 6.98 Å². The normalized spacial score (nSPS) is 27.9. The van der Waals surface area contributed by atoms with Crippen molar-refractivity contribution >= 4 is 23.5 Å². The molecule has 1 atom stereocenters. The average Bonchev–Trinajstić information content (AvgIpc) is 2.91. The van der Waals surface area contributed by atoms with E-state index >= 15 is 0 Å². The zero-order valence-electron chi connectivity index (χ0n) is 13.7. The Balaban J connectivity index is 2.13. The van der Waals surface area contributed by atoms with E-state index in [-0.39, 0.29) is 17.2 Å². The van der Waals surface area contributed by atoms with Crippen molar-refractivity contribution in [1.29, 1.82) is 0 Å². The number of fused-ring (bicyclic) bond motifs is 2. The third-order valence-electron chi connectivity index (χ3n) is 5.28. The van der Waals surface area contributed by atoms with Crippen molar-refractivity contribution < 1.29 is 9.32 Å². The van der Waals surface area contributed by atoms with E-state index in [2.05, 4.69) is 44.1 Å². The third-order valence-corrected chi connectivity index (χ3v) is 11.3. The summed E-state index contributed by atoms with van der Waals surface area (Å²) in [5, 5.41) is 5.58. The van der Waals surface area contributed by atoms with Crippen LogP contribution in [0.3, 0.4) is 0 Å². The molecule has 0 bridgehead atoms. The second-order valence-electron chi connectivity index (χ2n) is 7.30. The average molecular weight is 327 g/mol. The monoisotopic (exact) mass is 327 g/mol. The van der Waals surface area contributed by atoms with Crippen molar-refractivity contribution in [1.82, 2.24) is 5.09 Å². The molecule has 120 valence electrons. The summed E-state index contributed by atoms with van der Waals surface area (Å²) in [6, 6.07) is 18.2. The van der Waals surface area contributed by atoms with Crippen LogP contribution in [0.15, 0.2) is 54.6 Å². The Morgan fingerprint density at radius 1 is 1.09 bits per heavy atom. The molecule has 1 spiro atoms. The van der Waals surface area contributed by atoms with Crippen molar-refractivity contribution in [3.05, 3.63) is 60.2 Å². The van der Waals surface area contributed by atoms with E-state index in [1.165, 1.54) is 0 Å². The van der Waals surface area contributed by atoms with Crippen LogP contribution in [0, 0.1) is 0 Å². The Morgan fingerprint density at radius 2 is 1.74 bits per heavy atom. The summed E-state index contributed by atoms with van der Waals surface area (Å²) < 4.78 is 6.88. The molecule has 4 heteroatoms. The summed E-state index contributed by atoms with van der Waals surface area (Å²) in [6.45, 7) is 3.25. The van der Waals surface area contributed by atoms with Crippen LogP contribution in [0.2, 0.25) is 0 Å². The molecule has 0 unspecified atom stereocenters. The zero-order chi connectivity index (χ0) is 16.3. The topological polar surface area (TPSA) is 38.3 Å². The molecule has 3 nitrogen and oxygen atoms in total. The SMILES string of the molecule is C[C@@H]1CC(C)(C)OP12(c1ccccc1)NC(=O)c1ccccc12. The fourth-order valence-corrected chi connectivity index (χ4v) is 10.9. The Bertz CT molecular complexity index is 804. The summed E-state index contributed by atoms with van der Waals surface area (Å²) in [5.74, 6) is -0.00771. The van der Waals surface area contributed by atoms with Crippen molar-refractivity contribution in [3.8, 4) is 0 Å². The number of rotatable bonds is 1. The molecule has 1 fully saturated rings. The summed E-state index contributed by atoms with van der Waals surface area (Å²) in [5.41, 5.74) is 0.738. The fourth-order valence-electron chi connectivity index (χ4n) is 4.56. The first kappa shape index (κ1) is 14.9. The van der Waals surface area contributed by atoms with Crippen LogP contribution in [-0.2, 0) is 4.52 Å². The predicted molar refractivity (Wildman–Crippen MR) is 95.8 cm³/mol. The zero-order valence-corrected chi connectivity index (χ0v) is 14.6. The molecule has 2 heterocycles. The van der Waals surface area contributed by atoms with Gasteiger partial charge in [0.2, 0.25) is 0 Å². The first-order valence-electron chi connectivity index (χ1n) is 8.10. The summed E-state index contributed by atoms with van der Waals surface area (Å²) in [4.78, 5) is 12.8. The molecule has 0 aliphatic carbocycles. The number of amides is 1. The van der Waals surface area contributed by atoms with Crippen LogP contribution >= 0.6 is 6.98 Å². The van der Waals surface area contributed by atoms with Gasteiger partial charge in [0.15, 0.2) is 0 Å². The van der Waals surface area contributed by atoms with E-state index in [1.807, 2.05) is 36.4 Å². The summed E-state index contributed by atoms with van der Waals surface area (Å²) in [7, 11) is 0. The van der Waals surface area contributed by atoms with Crippen LogP contribution in [0.5, 0.6) is 0 Å². The number of hydrogen-bond acceptors (Lipinski definition) is 2. The van der Waals surface area contributed by atoms with Crippen molar-refractivity contribution in [2.45, 2.75) is 38.5 Å². The molecule has 4 rings (SSSR count). The van der Waals surface area contributed by atoms with Crippen molar-refractivity contribution in [3.63, 3.8) is 0 Å². The van der Waals surface area contributed by atoms with Crippen LogP contribution in [-0.4, -0.2) is 17.2 Å². The Labute approximate surface area is 137 Å². The van der Waals surface area contributed by atoms with Gasteiger partial charge in [-0.2, -0.15) is 0 Å². The van der Waals surface area contributed by atoms with Gasteiger partial charge in [-0.3, -0.25) is 0 Å².